The van der Waals surface area contributed by atoms with Crippen molar-refractivity contribution in [2.24, 2.45) is 0 Å². The number of nitrogens with zero attached hydrogens (tertiary/aromatic N) is 2. The number of benzene rings is 2. The lowest BCUT2D eigenvalue weighted by molar-refractivity contribution is -0.654. The fraction of sp³-hybridized carbons (Fsp3) is 0.200. The van der Waals surface area contributed by atoms with E-state index in [1.165, 1.54) is 9.13 Å². The topological polar surface area (TPSA) is 32.5 Å². The van der Waals surface area contributed by atoms with Gasteiger partial charge in [0.05, 0.1) is 25.2 Å². The van der Waals surface area contributed by atoms with Crippen molar-refractivity contribution in [3.8, 4) is 0 Å². The molecule has 0 aliphatic rings. The first-order valence-corrected chi connectivity index (χ1v) is 10.6. The fourth-order valence-electron chi connectivity index (χ4n) is 2.78. The van der Waals surface area contributed by atoms with Crippen molar-refractivity contribution in [1.29, 1.82) is 0 Å². The van der Waals surface area contributed by atoms with Gasteiger partial charge in [-0.15, -0.1) is 4.68 Å². The maximum atomic E-state index is 12.3. The summed E-state index contributed by atoms with van der Waals surface area (Å²) in [5.74, 6) is -0.448. The third-order valence-corrected chi connectivity index (χ3v) is 5.88. The number of carbonyl (C=O) groups excluding carboxylic acids is 1. The van der Waals surface area contributed by atoms with Gasteiger partial charge in [0, 0.05) is 9.14 Å². The molecule has 0 unspecified atom stereocenters. The number of halogens is 1. The van der Waals surface area contributed by atoms with Crippen molar-refractivity contribution in [3.63, 3.8) is 0 Å². The second kappa shape index (κ2) is 10.9. The van der Waals surface area contributed by atoms with Crippen LogP contribution >= 0.6 is 22.6 Å². The van der Waals surface area contributed by atoms with Gasteiger partial charge in [-0.1, -0.05) is 49.6 Å². The molecule has 2 aromatic carbocycles. The highest BCUT2D eigenvalue weighted by Gasteiger charge is 2.21. The Morgan fingerprint density at radius 2 is 1.70 bits per heavy atom. The van der Waals surface area contributed by atoms with Gasteiger partial charge in [0.15, 0.2) is 7.05 Å². The summed E-state index contributed by atoms with van der Waals surface area (Å²) in [7, 11) is 5.93. The van der Waals surface area contributed by atoms with Gasteiger partial charge in [0.1, 0.15) is 6.61 Å². The lowest BCUT2D eigenvalue weighted by Crippen LogP contribution is -2.32. The van der Waals surface area contributed by atoms with Gasteiger partial charge in [-0.25, -0.2) is 4.79 Å². The molecule has 0 saturated carbocycles. The normalized spacial score (nSPS) is 11.8. The summed E-state index contributed by atoms with van der Waals surface area (Å²) in [6.07, 6.45) is 3.46. The summed E-state index contributed by atoms with van der Waals surface area (Å²) < 4.78 is 8.55. The molecule has 2 aromatic rings. The Morgan fingerprint density at radius 1 is 1.07 bits per heavy atom. The van der Waals surface area contributed by atoms with Crippen molar-refractivity contribution >= 4 is 34.3 Å². The van der Waals surface area contributed by atoms with Crippen molar-refractivity contribution in [3.05, 3.63) is 105 Å². The summed E-state index contributed by atoms with van der Waals surface area (Å²) in [5, 5.41) is 1.98. The summed E-state index contributed by atoms with van der Waals surface area (Å²) >= 11 is 2.33. The second-order valence-electron chi connectivity index (χ2n) is 7.08. The number of esters is 1. The van der Waals surface area contributed by atoms with Crippen LogP contribution in [-0.2, 0) is 16.1 Å². The Labute approximate surface area is 193 Å². The molecule has 0 spiro atoms. The predicted molar refractivity (Wildman–Crippen MR) is 132 cm³/mol. The van der Waals surface area contributed by atoms with Crippen LogP contribution in [0.25, 0.3) is 0 Å². The first-order valence-electron chi connectivity index (χ1n) is 9.53. The van der Waals surface area contributed by atoms with Crippen LogP contribution in [0.2, 0.25) is 0 Å². The molecule has 0 aliphatic carbocycles. The second-order valence-corrected chi connectivity index (χ2v) is 8.24. The molecule has 0 atom stereocenters. The molecule has 0 saturated heterocycles. The minimum atomic E-state index is -0.448. The van der Waals surface area contributed by atoms with Crippen molar-refractivity contribution in [1.82, 2.24) is 5.01 Å². The number of hydrogen-bond donors (Lipinski definition) is 0. The number of allylic oxidation sites excluding steroid dienone is 2. The number of hydrazine groups is 1. The largest absolute Gasteiger partial charge is 0.457 e. The molecule has 0 N–H and O–H groups in total. The van der Waals surface area contributed by atoms with Gasteiger partial charge in [-0.2, -0.15) is 5.01 Å². The zero-order chi connectivity index (χ0) is 22.3. The van der Waals surface area contributed by atoms with Crippen molar-refractivity contribution < 1.29 is 14.2 Å². The Morgan fingerprint density at radius 3 is 2.33 bits per heavy atom. The highest BCUT2D eigenvalue weighted by atomic mass is 127. The van der Waals surface area contributed by atoms with E-state index in [-0.39, 0.29) is 12.2 Å². The van der Waals surface area contributed by atoms with Gasteiger partial charge in [-0.3, -0.25) is 0 Å². The summed E-state index contributed by atoms with van der Waals surface area (Å²) in [6, 6.07) is 15.8. The lowest BCUT2D eigenvalue weighted by Gasteiger charge is -2.14. The average molecular weight is 515 g/mol. The quantitative estimate of drug-likeness (QED) is 0.0952. The van der Waals surface area contributed by atoms with E-state index in [2.05, 4.69) is 54.8 Å². The maximum absolute atomic E-state index is 12.3. The highest BCUT2D eigenvalue weighted by molar-refractivity contribution is 14.1. The Balaban J connectivity index is 2.19. The van der Waals surface area contributed by atoms with E-state index in [0.717, 1.165) is 22.4 Å². The molecule has 0 aromatic heterocycles. The smallest absolute Gasteiger partial charge is 0.337 e. The lowest BCUT2D eigenvalue weighted by atomic mass is 9.98. The van der Waals surface area contributed by atoms with Crippen LogP contribution < -0.4 is 0 Å². The van der Waals surface area contributed by atoms with Crippen LogP contribution in [0.4, 0.5) is 0 Å². The molecule has 2 rings (SSSR count). The zero-order valence-electron chi connectivity index (χ0n) is 18.0. The summed E-state index contributed by atoms with van der Waals surface area (Å²) in [6.45, 7) is 10.4. The van der Waals surface area contributed by atoms with Gasteiger partial charge >= 0.3 is 5.97 Å². The van der Waals surface area contributed by atoms with Crippen LogP contribution in [-0.4, -0.2) is 42.5 Å². The van der Waals surface area contributed by atoms with E-state index in [4.69, 9.17) is 4.74 Å². The predicted octanol–water partition coefficient (Wildman–Crippen LogP) is 4.92. The number of rotatable bonds is 8. The van der Waals surface area contributed by atoms with Gasteiger partial charge in [0.25, 0.3) is 0 Å². The van der Waals surface area contributed by atoms with Crippen LogP contribution in [0.5, 0.6) is 0 Å². The molecule has 0 fully saturated rings. The highest BCUT2D eigenvalue weighted by Crippen LogP contribution is 2.20. The van der Waals surface area contributed by atoms with Crippen molar-refractivity contribution in [2.45, 2.75) is 13.5 Å². The van der Waals surface area contributed by atoms with Crippen LogP contribution in [0, 0.1) is 10.5 Å². The van der Waals surface area contributed by atoms with Gasteiger partial charge < -0.3 is 4.74 Å². The Hall–Kier alpha value is -2.67. The molecule has 0 aliphatic heterocycles. The minimum absolute atomic E-state index is 0.218. The molecule has 4 nitrogen and oxygen atoms in total. The SMILES string of the molecule is C=C(/C=C\C(=C)/C(c1cccc(I)c1C)=[N+](/C)N(C)C)C(=O)OCc1ccccc1. The Kier molecular flexibility index (Phi) is 8.59. The number of carbonyl (C=O) groups is 1. The third-order valence-electron chi connectivity index (χ3n) is 4.71. The monoisotopic (exact) mass is 515 g/mol. The average Bonchev–Trinajstić information content (AvgIpc) is 2.73. The van der Waals surface area contributed by atoms with E-state index in [1.54, 1.807) is 12.2 Å². The van der Waals surface area contributed by atoms with E-state index in [0.29, 0.717) is 0 Å². The standard InChI is InChI=1S/C25H28IN2O2/c1-18(15-16-19(2)25(29)30-17-21-11-8-7-9-12-21)24(28(6)27(4)5)22-13-10-14-23(26)20(22)3/h7-16H,1-2,17H2,3-6H3/q+1/b16-15-,28-24+. The maximum Gasteiger partial charge on any atom is 0.337 e. The fourth-order valence-corrected chi connectivity index (χ4v) is 3.28. The number of hydrogen-bond acceptors (Lipinski definition) is 3. The van der Waals surface area contributed by atoms with Gasteiger partial charge in [-0.05, 0) is 64.9 Å². The van der Waals surface area contributed by atoms with E-state index < -0.39 is 5.97 Å². The molecule has 0 heterocycles. The molecular weight excluding hydrogens is 487 g/mol. The molecule has 0 bridgehead atoms. The summed E-state index contributed by atoms with van der Waals surface area (Å²) in [4.78, 5) is 12.3. The molecular formula is C25H28IN2O2+. The number of hydrazone groups is 1. The third kappa shape index (κ3) is 6.16. The zero-order valence-corrected chi connectivity index (χ0v) is 20.1. The van der Waals surface area contributed by atoms with Crippen molar-refractivity contribution in [2.75, 3.05) is 21.1 Å². The van der Waals surface area contributed by atoms with E-state index in [1.807, 2.05) is 67.2 Å². The van der Waals surface area contributed by atoms with Crippen LogP contribution in [0.1, 0.15) is 16.7 Å². The molecule has 156 valence electrons. The molecule has 30 heavy (non-hydrogen) atoms. The molecule has 0 radical (unpaired) electrons. The van der Waals surface area contributed by atoms with Crippen LogP contribution in [0.15, 0.2) is 85.0 Å². The molecule has 5 heteroatoms. The Bertz CT molecular complexity index is 1010. The first-order chi connectivity index (χ1) is 14.2. The first kappa shape index (κ1) is 23.6. The van der Waals surface area contributed by atoms with E-state index in [9.17, 15) is 4.79 Å². The summed E-state index contributed by atoms with van der Waals surface area (Å²) in [5.41, 5.74) is 5.20. The minimum Gasteiger partial charge on any atom is -0.457 e. The molecule has 0 amide bonds. The number of ether oxygens (including phenoxy) is 1. The van der Waals surface area contributed by atoms with Gasteiger partial charge in [0.2, 0.25) is 5.71 Å². The van der Waals surface area contributed by atoms with Crippen LogP contribution in [0.3, 0.4) is 0 Å². The van der Waals surface area contributed by atoms with E-state index >= 15 is 0 Å².